The maximum absolute atomic E-state index is 10.5. The van der Waals surface area contributed by atoms with Crippen molar-refractivity contribution in [3.8, 4) is 23.1 Å². The molecule has 6 heteroatoms. The van der Waals surface area contributed by atoms with Gasteiger partial charge in [-0.3, -0.25) is 0 Å². The Balaban J connectivity index is 1.47. The fraction of sp³-hybridized carbons (Fsp3) is 0.522. The molecule has 0 radical (unpaired) electrons. The topological polar surface area (TPSA) is 76.3 Å². The molecule has 2 aromatic rings. The van der Waals surface area contributed by atoms with Crippen LogP contribution in [0.15, 0.2) is 18.2 Å². The smallest absolute Gasteiger partial charge is 0.154 e. The number of aromatic nitrogens is 2. The van der Waals surface area contributed by atoms with Crippen molar-refractivity contribution >= 4 is 5.82 Å². The number of rotatable bonds is 2. The van der Waals surface area contributed by atoms with E-state index in [2.05, 4.69) is 32.1 Å². The monoisotopic (exact) mass is 389 g/mol. The van der Waals surface area contributed by atoms with Crippen molar-refractivity contribution in [3.63, 3.8) is 0 Å². The first-order chi connectivity index (χ1) is 14.1. The van der Waals surface area contributed by atoms with Gasteiger partial charge in [0.05, 0.1) is 17.3 Å². The van der Waals surface area contributed by atoms with Crippen molar-refractivity contribution in [1.29, 1.82) is 5.26 Å². The number of anilines is 1. The molecule has 0 spiro atoms. The quantitative estimate of drug-likeness (QED) is 0.850. The number of nitrogens with zero attached hydrogens (tertiary/aromatic N) is 5. The molecule has 2 fully saturated rings. The van der Waals surface area contributed by atoms with Gasteiger partial charge in [0.2, 0.25) is 0 Å². The van der Waals surface area contributed by atoms with E-state index in [1.54, 1.807) is 6.07 Å². The third-order valence-corrected chi connectivity index (χ3v) is 6.79. The minimum absolute atomic E-state index is 0.0939. The SMILES string of the molecule is Cc1cc(C#N)cc(O)c1-c1cc2c(nn1)N([C@H]1CC3CCCN(C3)C1)CCC2. The van der Waals surface area contributed by atoms with Crippen LogP contribution in [0.4, 0.5) is 5.82 Å². The van der Waals surface area contributed by atoms with Gasteiger partial charge in [0.15, 0.2) is 5.82 Å². The van der Waals surface area contributed by atoms with E-state index in [1.807, 2.05) is 6.92 Å². The van der Waals surface area contributed by atoms with E-state index >= 15 is 0 Å². The maximum atomic E-state index is 10.5. The average Bonchev–Trinajstić information content (AvgIpc) is 2.72. The molecule has 2 bridgehead atoms. The number of phenols is 1. The third-order valence-electron chi connectivity index (χ3n) is 6.79. The fourth-order valence-corrected chi connectivity index (χ4v) is 5.53. The van der Waals surface area contributed by atoms with Crippen LogP contribution in [0.2, 0.25) is 0 Å². The van der Waals surface area contributed by atoms with Crippen LogP contribution in [0.5, 0.6) is 5.75 Å². The number of nitriles is 1. The molecule has 2 unspecified atom stereocenters. The predicted molar refractivity (Wildman–Crippen MR) is 112 cm³/mol. The summed E-state index contributed by atoms with van der Waals surface area (Å²) in [5.41, 5.74) is 3.88. The van der Waals surface area contributed by atoms with Gasteiger partial charge in [0.1, 0.15) is 5.75 Å². The van der Waals surface area contributed by atoms with Gasteiger partial charge in [-0.1, -0.05) is 0 Å². The number of benzene rings is 1. The number of phenolic OH excluding ortho intramolecular Hbond substituents is 1. The molecule has 0 aliphatic carbocycles. The average molecular weight is 390 g/mol. The predicted octanol–water partition coefficient (Wildman–Crippen LogP) is 3.27. The van der Waals surface area contributed by atoms with Crippen LogP contribution in [-0.4, -0.2) is 52.4 Å². The first-order valence-corrected chi connectivity index (χ1v) is 10.7. The van der Waals surface area contributed by atoms with Gasteiger partial charge in [-0.05, 0) is 80.8 Å². The van der Waals surface area contributed by atoms with Crippen LogP contribution in [0.3, 0.4) is 0 Å². The van der Waals surface area contributed by atoms with Gasteiger partial charge in [0.25, 0.3) is 0 Å². The van der Waals surface area contributed by atoms with Crippen LogP contribution in [0, 0.1) is 24.2 Å². The van der Waals surface area contributed by atoms with Crippen LogP contribution in [-0.2, 0) is 6.42 Å². The van der Waals surface area contributed by atoms with Crippen LogP contribution < -0.4 is 4.90 Å². The highest BCUT2D eigenvalue weighted by Crippen LogP contribution is 2.37. The molecular weight excluding hydrogens is 362 g/mol. The first-order valence-electron chi connectivity index (χ1n) is 10.7. The summed E-state index contributed by atoms with van der Waals surface area (Å²) in [6.45, 7) is 6.58. The van der Waals surface area contributed by atoms with Crippen LogP contribution in [0.25, 0.3) is 11.3 Å². The lowest BCUT2D eigenvalue weighted by Crippen LogP contribution is -2.54. The van der Waals surface area contributed by atoms with E-state index in [0.717, 1.165) is 43.2 Å². The molecule has 1 aromatic heterocycles. The first kappa shape index (κ1) is 18.4. The van der Waals surface area contributed by atoms with Gasteiger partial charge in [-0.2, -0.15) is 5.26 Å². The van der Waals surface area contributed by atoms with Gasteiger partial charge < -0.3 is 14.9 Å². The zero-order valence-corrected chi connectivity index (χ0v) is 16.9. The second kappa shape index (κ2) is 7.31. The Labute approximate surface area is 171 Å². The van der Waals surface area contributed by atoms with Crippen molar-refractivity contribution in [1.82, 2.24) is 15.1 Å². The van der Waals surface area contributed by atoms with E-state index in [4.69, 9.17) is 5.26 Å². The van der Waals surface area contributed by atoms with Crippen molar-refractivity contribution in [2.75, 3.05) is 31.1 Å². The van der Waals surface area contributed by atoms with E-state index < -0.39 is 0 Å². The lowest BCUT2D eigenvalue weighted by atomic mass is 9.85. The Hall–Kier alpha value is -2.65. The van der Waals surface area contributed by atoms with Gasteiger partial charge in [0, 0.05) is 31.2 Å². The second-order valence-corrected chi connectivity index (χ2v) is 8.83. The zero-order chi connectivity index (χ0) is 20.0. The summed E-state index contributed by atoms with van der Waals surface area (Å²) in [6.07, 6.45) is 6.07. The molecule has 29 heavy (non-hydrogen) atoms. The van der Waals surface area contributed by atoms with Crippen molar-refractivity contribution in [2.45, 2.75) is 45.1 Å². The Kier molecular flexibility index (Phi) is 4.63. The summed E-state index contributed by atoms with van der Waals surface area (Å²) in [5.74, 6) is 1.94. The summed E-state index contributed by atoms with van der Waals surface area (Å²) >= 11 is 0. The Morgan fingerprint density at radius 1 is 1.14 bits per heavy atom. The molecular formula is C23H27N5O. The molecule has 6 nitrogen and oxygen atoms in total. The Morgan fingerprint density at radius 3 is 2.83 bits per heavy atom. The number of aromatic hydroxyl groups is 1. The Bertz CT molecular complexity index is 947. The van der Waals surface area contributed by atoms with E-state index in [0.29, 0.717) is 22.9 Å². The minimum Gasteiger partial charge on any atom is -0.507 e. The lowest BCUT2D eigenvalue weighted by molar-refractivity contribution is 0.106. The molecule has 3 aliphatic rings. The zero-order valence-electron chi connectivity index (χ0n) is 16.9. The van der Waals surface area contributed by atoms with Crippen molar-refractivity contribution in [2.24, 2.45) is 5.92 Å². The minimum atomic E-state index is 0.0939. The normalized spacial score (nSPS) is 25.9. The molecule has 3 atom stereocenters. The molecule has 2 saturated heterocycles. The van der Waals surface area contributed by atoms with Crippen LogP contribution in [0.1, 0.15) is 42.4 Å². The summed E-state index contributed by atoms with van der Waals surface area (Å²) in [7, 11) is 0. The highest BCUT2D eigenvalue weighted by Gasteiger charge is 2.35. The summed E-state index contributed by atoms with van der Waals surface area (Å²) in [5, 5.41) is 28.8. The fourth-order valence-electron chi connectivity index (χ4n) is 5.53. The van der Waals surface area contributed by atoms with Gasteiger partial charge in [-0.25, -0.2) is 0 Å². The Morgan fingerprint density at radius 2 is 2.03 bits per heavy atom. The highest BCUT2D eigenvalue weighted by atomic mass is 16.3. The summed E-state index contributed by atoms with van der Waals surface area (Å²) in [4.78, 5) is 5.11. The second-order valence-electron chi connectivity index (χ2n) is 8.83. The number of piperidine rings is 2. The van der Waals surface area contributed by atoms with Crippen LogP contribution >= 0.6 is 0 Å². The molecule has 150 valence electrons. The molecule has 0 saturated carbocycles. The molecule has 3 aliphatic heterocycles. The number of hydrogen-bond donors (Lipinski definition) is 1. The number of fused-ring (bicyclic) bond motifs is 3. The largest absolute Gasteiger partial charge is 0.507 e. The standard InChI is InChI=1S/C23H27N5O/c1-15-8-17(12-24)10-21(29)22(15)20-11-18-5-3-7-28(23(18)26-25-20)19-9-16-4-2-6-27(13-16)14-19/h8,10-11,16,19,29H,2-7,9,13-14H2,1H3/t16?,19-/m0/s1. The summed E-state index contributed by atoms with van der Waals surface area (Å²) in [6, 6.07) is 8.00. The molecule has 4 heterocycles. The van der Waals surface area contributed by atoms with E-state index in [9.17, 15) is 5.11 Å². The van der Waals surface area contributed by atoms with Crippen molar-refractivity contribution < 1.29 is 5.11 Å². The van der Waals surface area contributed by atoms with Crippen molar-refractivity contribution in [3.05, 3.63) is 34.9 Å². The van der Waals surface area contributed by atoms with Gasteiger partial charge >= 0.3 is 0 Å². The maximum Gasteiger partial charge on any atom is 0.154 e. The third kappa shape index (κ3) is 3.34. The highest BCUT2D eigenvalue weighted by molar-refractivity contribution is 5.73. The lowest BCUT2D eigenvalue weighted by Gasteiger charge is -2.47. The summed E-state index contributed by atoms with van der Waals surface area (Å²) < 4.78 is 0. The molecule has 1 N–H and O–H groups in total. The molecule has 0 amide bonds. The number of aryl methyl sites for hydroxylation is 2. The molecule has 5 rings (SSSR count). The van der Waals surface area contributed by atoms with E-state index in [-0.39, 0.29) is 5.75 Å². The molecule has 1 aromatic carbocycles. The van der Waals surface area contributed by atoms with E-state index in [1.165, 1.54) is 44.0 Å². The van der Waals surface area contributed by atoms with Gasteiger partial charge in [-0.15, -0.1) is 10.2 Å². The number of hydrogen-bond acceptors (Lipinski definition) is 6.